The molecular formula is C19H30N2O3Si2. The number of nitrogens with zero attached hydrogens (tertiary/aromatic N) is 2. The van der Waals surface area contributed by atoms with Crippen LogP contribution < -0.4 is 4.74 Å². The molecule has 2 rings (SSSR count). The fraction of sp³-hybridized carbons (Fsp3) is 0.526. The molecule has 1 heterocycles. The Balaban J connectivity index is 2.11. The molecule has 2 aromatic rings. The second-order valence-corrected chi connectivity index (χ2v) is 8.89. The molecule has 0 bridgehead atoms. The highest BCUT2D eigenvalue weighted by atomic mass is 28.2. The number of rotatable bonds is 10. The Bertz CT molecular complexity index is 762. The van der Waals surface area contributed by atoms with E-state index in [2.05, 4.69) is 37.6 Å². The number of hydrogen-bond donors (Lipinski definition) is 0. The molecule has 0 saturated heterocycles. The van der Waals surface area contributed by atoms with E-state index < -0.39 is 19.5 Å². The predicted molar refractivity (Wildman–Crippen MR) is 111 cm³/mol. The summed E-state index contributed by atoms with van der Waals surface area (Å²) in [7, 11) is 0.649. The van der Waals surface area contributed by atoms with Crippen LogP contribution in [0.2, 0.25) is 13.1 Å². The largest absolute Gasteiger partial charge is 0.497 e. The summed E-state index contributed by atoms with van der Waals surface area (Å²) in [6.07, 6.45) is 3.89. The number of nitriles is 1. The standard InChI is InChI=1S/C19H30N2O3Si2/c1-19(2,18(23-25-4)24-26-5)9-6-10-21-13-14(12-20)16-11-15(22-3)7-8-17(16)21/h7-8,11,13,18H,6,9-10,25-26H2,1-5H3. The van der Waals surface area contributed by atoms with Crippen LogP contribution in [-0.4, -0.2) is 37.5 Å². The van der Waals surface area contributed by atoms with Gasteiger partial charge in [-0.1, -0.05) is 26.9 Å². The maximum absolute atomic E-state index is 9.43. The number of methoxy groups -OCH3 is 1. The zero-order valence-corrected chi connectivity index (χ0v) is 19.4. The van der Waals surface area contributed by atoms with Crippen LogP contribution >= 0.6 is 0 Å². The van der Waals surface area contributed by atoms with E-state index in [1.54, 1.807) is 7.11 Å². The van der Waals surface area contributed by atoms with E-state index in [1.807, 2.05) is 24.4 Å². The van der Waals surface area contributed by atoms with Gasteiger partial charge >= 0.3 is 0 Å². The van der Waals surface area contributed by atoms with E-state index in [0.717, 1.165) is 36.0 Å². The van der Waals surface area contributed by atoms with Gasteiger partial charge in [0.15, 0.2) is 19.5 Å². The zero-order chi connectivity index (χ0) is 19.2. The molecule has 1 aromatic carbocycles. The Kier molecular flexibility index (Phi) is 7.47. The minimum atomic E-state index is -0.497. The lowest BCUT2D eigenvalue weighted by Crippen LogP contribution is -2.36. The number of benzene rings is 1. The fourth-order valence-corrected chi connectivity index (χ4v) is 5.20. The third kappa shape index (κ3) is 4.77. The van der Waals surface area contributed by atoms with Crippen LogP contribution in [-0.2, 0) is 15.4 Å². The van der Waals surface area contributed by atoms with Crippen molar-refractivity contribution in [2.45, 2.75) is 52.6 Å². The molecule has 0 N–H and O–H groups in total. The SMILES string of the molecule is COc1ccc2c(c1)c(C#N)cn2CCCC(C)(C)C(O[SiH2]C)O[SiH2]C. The van der Waals surface area contributed by atoms with E-state index in [-0.39, 0.29) is 11.7 Å². The summed E-state index contributed by atoms with van der Waals surface area (Å²) in [5.74, 6) is 0.775. The van der Waals surface area contributed by atoms with Crippen LogP contribution in [0.4, 0.5) is 0 Å². The lowest BCUT2D eigenvalue weighted by Gasteiger charge is -2.34. The first kappa shape index (κ1) is 20.7. The maximum atomic E-state index is 9.43. The average molecular weight is 391 g/mol. The van der Waals surface area contributed by atoms with Gasteiger partial charge in [-0.05, 0) is 31.0 Å². The third-order valence-corrected chi connectivity index (χ3v) is 5.98. The van der Waals surface area contributed by atoms with Gasteiger partial charge in [0.2, 0.25) is 0 Å². The number of hydrogen-bond acceptors (Lipinski definition) is 4. The fourth-order valence-electron chi connectivity index (χ4n) is 3.30. The summed E-state index contributed by atoms with van der Waals surface area (Å²) in [5, 5.41) is 10.4. The summed E-state index contributed by atoms with van der Waals surface area (Å²) in [6, 6.07) is 8.20. The van der Waals surface area contributed by atoms with E-state index in [4.69, 9.17) is 13.6 Å². The van der Waals surface area contributed by atoms with Crippen molar-refractivity contribution in [1.29, 1.82) is 5.26 Å². The van der Waals surface area contributed by atoms with Crippen molar-refractivity contribution >= 4 is 30.4 Å². The zero-order valence-electron chi connectivity index (χ0n) is 16.5. The van der Waals surface area contributed by atoms with E-state index in [1.165, 1.54) is 0 Å². The molecule has 26 heavy (non-hydrogen) atoms. The molecule has 0 atom stereocenters. The van der Waals surface area contributed by atoms with Crippen LogP contribution in [0.3, 0.4) is 0 Å². The smallest absolute Gasteiger partial charge is 0.161 e. The van der Waals surface area contributed by atoms with Crippen molar-refractivity contribution in [1.82, 2.24) is 4.57 Å². The second-order valence-electron chi connectivity index (χ2n) is 7.07. The highest BCUT2D eigenvalue weighted by Crippen LogP contribution is 2.31. The van der Waals surface area contributed by atoms with Gasteiger partial charge < -0.3 is 18.2 Å². The molecule has 0 aliphatic heterocycles. The Hall–Kier alpha value is -1.60. The molecule has 5 nitrogen and oxygen atoms in total. The van der Waals surface area contributed by atoms with Crippen molar-refractivity contribution in [3.63, 3.8) is 0 Å². The summed E-state index contributed by atoms with van der Waals surface area (Å²) >= 11 is 0. The second kappa shape index (κ2) is 9.37. The van der Waals surface area contributed by atoms with Crippen molar-refractivity contribution in [3.8, 4) is 11.8 Å². The minimum absolute atomic E-state index is 0.00372. The van der Waals surface area contributed by atoms with Gasteiger partial charge in [-0.3, -0.25) is 0 Å². The first-order valence-electron chi connectivity index (χ1n) is 9.27. The first-order valence-corrected chi connectivity index (χ1v) is 13.2. The predicted octanol–water partition coefficient (Wildman–Crippen LogP) is 2.95. The Morgan fingerprint density at radius 2 is 1.92 bits per heavy atom. The van der Waals surface area contributed by atoms with Crippen LogP contribution in [0, 0.1) is 16.7 Å². The summed E-state index contributed by atoms with van der Waals surface area (Å²) in [4.78, 5) is 0. The van der Waals surface area contributed by atoms with E-state index in [0.29, 0.717) is 5.56 Å². The number of aryl methyl sites for hydroxylation is 1. The van der Waals surface area contributed by atoms with Gasteiger partial charge in [0, 0.05) is 29.1 Å². The number of ether oxygens (including phenoxy) is 1. The highest BCUT2D eigenvalue weighted by Gasteiger charge is 2.29. The average Bonchev–Trinajstić information content (AvgIpc) is 2.98. The van der Waals surface area contributed by atoms with Crippen LogP contribution in [0.1, 0.15) is 32.3 Å². The molecule has 7 heteroatoms. The molecule has 0 amide bonds. The van der Waals surface area contributed by atoms with Gasteiger partial charge in [0.05, 0.1) is 12.7 Å². The molecule has 0 spiro atoms. The topological polar surface area (TPSA) is 56.4 Å². The lowest BCUT2D eigenvalue weighted by atomic mass is 9.87. The van der Waals surface area contributed by atoms with Gasteiger partial charge in [-0.15, -0.1) is 0 Å². The van der Waals surface area contributed by atoms with Crippen LogP contribution in [0.5, 0.6) is 5.75 Å². The molecule has 0 aliphatic rings. The summed E-state index contributed by atoms with van der Waals surface area (Å²) < 4.78 is 19.4. The monoisotopic (exact) mass is 390 g/mol. The van der Waals surface area contributed by atoms with Gasteiger partial charge in [0.25, 0.3) is 0 Å². The van der Waals surface area contributed by atoms with E-state index >= 15 is 0 Å². The summed E-state index contributed by atoms with van der Waals surface area (Å²) in [6.45, 7) is 9.62. The Morgan fingerprint density at radius 1 is 1.23 bits per heavy atom. The Labute approximate surface area is 161 Å². The van der Waals surface area contributed by atoms with Gasteiger partial charge in [0.1, 0.15) is 18.1 Å². The van der Waals surface area contributed by atoms with Crippen molar-refractivity contribution in [3.05, 3.63) is 30.0 Å². The number of fused-ring (bicyclic) bond motifs is 1. The van der Waals surface area contributed by atoms with Crippen molar-refractivity contribution in [2.75, 3.05) is 7.11 Å². The van der Waals surface area contributed by atoms with E-state index in [9.17, 15) is 5.26 Å². The number of aromatic nitrogens is 1. The van der Waals surface area contributed by atoms with Gasteiger partial charge in [-0.25, -0.2) is 0 Å². The third-order valence-electron chi connectivity index (χ3n) is 4.70. The minimum Gasteiger partial charge on any atom is -0.497 e. The summed E-state index contributed by atoms with van der Waals surface area (Å²) in [5.41, 5.74) is 1.76. The highest BCUT2D eigenvalue weighted by molar-refractivity contribution is 6.26. The molecule has 0 radical (unpaired) electrons. The molecule has 0 fully saturated rings. The maximum Gasteiger partial charge on any atom is 0.161 e. The van der Waals surface area contributed by atoms with Crippen LogP contribution in [0.15, 0.2) is 24.4 Å². The first-order chi connectivity index (χ1) is 12.5. The quantitative estimate of drug-likeness (QED) is 0.462. The van der Waals surface area contributed by atoms with Crippen molar-refractivity contribution < 1.29 is 13.6 Å². The Morgan fingerprint density at radius 3 is 2.50 bits per heavy atom. The normalized spacial score (nSPS) is 13.8. The molecule has 142 valence electrons. The molecular weight excluding hydrogens is 360 g/mol. The lowest BCUT2D eigenvalue weighted by molar-refractivity contribution is -0.0828. The molecule has 1 aromatic heterocycles. The molecule has 0 aliphatic carbocycles. The van der Waals surface area contributed by atoms with Crippen molar-refractivity contribution in [2.24, 2.45) is 5.41 Å². The van der Waals surface area contributed by atoms with Gasteiger partial charge in [-0.2, -0.15) is 5.26 Å². The molecule has 0 saturated carbocycles. The molecule has 0 unspecified atom stereocenters. The van der Waals surface area contributed by atoms with Crippen LogP contribution in [0.25, 0.3) is 10.9 Å².